The summed E-state index contributed by atoms with van der Waals surface area (Å²) in [5.41, 5.74) is 3.55. The fraction of sp³-hybridized carbons (Fsp3) is 0.478. The Bertz CT molecular complexity index is 761. The molecule has 0 radical (unpaired) electrons. The molecule has 29 heavy (non-hydrogen) atoms. The number of hydrogen-bond acceptors (Lipinski definition) is 5. The molecule has 6 heteroatoms. The Balaban J connectivity index is 1.57. The van der Waals surface area contributed by atoms with E-state index in [1.165, 1.54) is 11.1 Å². The number of halogens is 1. The van der Waals surface area contributed by atoms with Gasteiger partial charge < -0.3 is 19.5 Å². The summed E-state index contributed by atoms with van der Waals surface area (Å²) in [7, 11) is 0. The smallest absolute Gasteiger partial charge is 0.175 e. The molecule has 0 amide bonds. The van der Waals surface area contributed by atoms with E-state index in [-0.39, 0.29) is 0 Å². The highest BCUT2D eigenvalue weighted by Crippen LogP contribution is 2.37. The van der Waals surface area contributed by atoms with E-state index >= 15 is 0 Å². The Hall–Kier alpha value is -1.60. The summed E-state index contributed by atoms with van der Waals surface area (Å²) in [5.74, 6) is 1.53. The maximum atomic E-state index is 6.10. The SMILES string of the molecule is CCOc1cc(CNCCN2CCOCC2)cc(Br)c1OCc1ccc(C)cc1. The van der Waals surface area contributed by atoms with Crippen molar-refractivity contribution in [2.45, 2.75) is 27.0 Å². The van der Waals surface area contributed by atoms with Crippen LogP contribution in [0.2, 0.25) is 0 Å². The molecule has 1 saturated heterocycles. The molecule has 2 aromatic rings. The number of ether oxygens (including phenoxy) is 3. The zero-order valence-electron chi connectivity index (χ0n) is 17.4. The second-order valence-electron chi connectivity index (χ2n) is 7.24. The summed E-state index contributed by atoms with van der Waals surface area (Å²) in [5, 5.41) is 3.53. The van der Waals surface area contributed by atoms with E-state index in [0.29, 0.717) is 13.2 Å². The van der Waals surface area contributed by atoms with Gasteiger partial charge in [0, 0.05) is 32.7 Å². The normalized spacial score (nSPS) is 14.7. The first kappa shape index (κ1) is 22.1. The minimum Gasteiger partial charge on any atom is -0.490 e. The molecule has 0 atom stereocenters. The first-order valence-electron chi connectivity index (χ1n) is 10.3. The van der Waals surface area contributed by atoms with Crippen molar-refractivity contribution < 1.29 is 14.2 Å². The molecule has 1 aliphatic heterocycles. The van der Waals surface area contributed by atoms with Crippen LogP contribution in [-0.4, -0.2) is 50.9 Å². The Morgan fingerprint density at radius 1 is 1.07 bits per heavy atom. The van der Waals surface area contributed by atoms with Gasteiger partial charge in [-0.25, -0.2) is 0 Å². The van der Waals surface area contributed by atoms with E-state index in [0.717, 1.165) is 67.5 Å². The Labute approximate surface area is 182 Å². The summed E-state index contributed by atoms with van der Waals surface area (Å²) in [6, 6.07) is 12.6. The number of morpholine rings is 1. The van der Waals surface area contributed by atoms with Crippen molar-refractivity contribution in [2.75, 3.05) is 46.0 Å². The van der Waals surface area contributed by atoms with Crippen LogP contribution in [0.25, 0.3) is 0 Å². The first-order valence-corrected chi connectivity index (χ1v) is 11.1. The summed E-state index contributed by atoms with van der Waals surface area (Å²) >= 11 is 3.67. The Morgan fingerprint density at radius 2 is 1.83 bits per heavy atom. The summed E-state index contributed by atoms with van der Waals surface area (Å²) in [4.78, 5) is 2.43. The largest absolute Gasteiger partial charge is 0.490 e. The highest BCUT2D eigenvalue weighted by Gasteiger charge is 2.13. The van der Waals surface area contributed by atoms with Gasteiger partial charge in [0.15, 0.2) is 11.5 Å². The number of aryl methyl sites for hydroxylation is 1. The van der Waals surface area contributed by atoms with Crippen molar-refractivity contribution >= 4 is 15.9 Å². The molecule has 1 N–H and O–H groups in total. The zero-order valence-corrected chi connectivity index (χ0v) is 19.0. The van der Waals surface area contributed by atoms with Gasteiger partial charge in [-0.1, -0.05) is 29.8 Å². The molecule has 1 fully saturated rings. The van der Waals surface area contributed by atoms with E-state index in [2.05, 4.69) is 69.5 Å². The topological polar surface area (TPSA) is 43.0 Å². The van der Waals surface area contributed by atoms with Gasteiger partial charge in [-0.2, -0.15) is 0 Å². The van der Waals surface area contributed by atoms with Crippen LogP contribution in [0, 0.1) is 6.92 Å². The van der Waals surface area contributed by atoms with E-state index in [9.17, 15) is 0 Å². The number of benzene rings is 2. The Morgan fingerprint density at radius 3 is 2.55 bits per heavy atom. The first-order chi connectivity index (χ1) is 14.2. The number of rotatable bonds is 10. The summed E-state index contributed by atoms with van der Waals surface area (Å²) in [6.07, 6.45) is 0. The molecule has 0 saturated carbocycles. The molecular formula is C23H31BrN2O3. The van der Waals surface area contributed by atoms with E-state index in [1.54, 1.807) is 0 Å². The van der Waals surface area contributed by atoms with E-state index < -0.39 is 0 Å². The lowest BCUT2D eigenvalue weighted by molar-refractivity contribution is 0.0384. The van der Waals surface area contributed by atoms with Crippen molar-refractivity contribution in [3.05, 3.63) is 57.6 Å². The van der Waals surface area contributed by atoms with Crippen LogP contribution < -0.4 is 14.8 Å². The monoisotopic (exact) mass is 462 g/mol. The molecule has 5 nitrogen and oxygen atoms in total. The quantitative estimate of drug-likeness (QED) is 0.537. The van der Waals surface area contributed by atoms with Crippen molar-refractivity contribution in [2.24, 2.45) is 0 Å². The van der Waals surface area contributed by atoms with Crippen LogP contribution >= 0.6 is 15.9 Å². The number of nitrogens with zero attached hydrogens (tertiary/aromatic N) is 1. The zero-order chi connectivity index (χ0) is 20.5. The molecule has 2 aromatic carbocycles. The molecule has 0 unspecified atom stereocenters. The van der Waals surface area contributed by atoms with Gasteiger partial charge in [0.25, 0.3) is 0 Å². The predicted molar refractivity (Wildman–Crippen MR) is 120 cm³/mol. The van der Waals surface area contributed by atoms with Gasteiger partial charge in [0.2, 0.25) is 0 Å². The number of hydrogen-bond donors (Lipinski definition) is 1. The van der Waals surface area contributed by atoms with Crippen LogP contribution in [0.5, 0.6) is 11.5 Å². The average molecular weight is 463 g/mol. The third-order valence-corrected chi connectivity index (χ3v) is 5.50. The van der Waals surface area contributed by atoms with Crippen LogP contribution in [-0.2, 0) is 17.9 Å². The molecule has 0 spiro atoms. The minimum absolute atomic E-state index is 0.510. The van der Waals surface area contributed by atoms with Gasteiger partial charge in [-0.3, -0.25) is 4.90 Å². The minimum atomic E-state index is 0.510. The molecule has 0 aliphatic carbocycles. The van der Waals surface area contributed by atoms with Crippen molar-refractivity contribution in [3.63, 3.8) is 0 Å². The van der Waals surface area contributed by atoms with Crippen LogP contribution in [0.15, 0.2) is 40.9 Å². The van der Waals surface area contributed by atoms with Crippen molar-refractivity contribution in [3.8, 4) is 11.5 Å². The summed E-state index contributed by atoms with van der Waals surface area (Å²) in [6.45, 7) is 11.7. The molecular weight excluding hydrogens is 432 g/mol. The molecule has 1 heterocycles. The van der Waals surface area contributed by atoms with Crippen LogP contribution in [0.1, 0.15) is 23.6 Å². The lowest BCUT2D eigenvalue weighted by Crippen LogP contribution is -2.40. The second-order valence-corrected chi connectivity index (χ2v) is 8.10. The lowest BCUT2D eigenvalue weighted by atomic mass is 10.1. The third-order valence-electron chi connectivity index (χ3n) is 4.91. The highest BCUT2D eigenvalue weighted by atomic mass is 79.9. The van der Waals surface area contributed by atoms with Crippen molar-refractivity contribution in [1.82, 2.24) is 10.2 Å². The van der Waals surface area contributed by atoms with Gasteiger partial charge in [0.05, 0.1) is 24.3 Å². The molecule has 158 valence electrons. The van der Waals surface area contributed by atoms with Crippen molar-refractivity contribution in [1.29, 1.82) is 0 Å². The standard InChI is InChI=1S/C23H31BrN2O3/c1-3-28-22-15-20(16-25-8-9-26-10-12-27-13-11-26)14-21(24)23(22)29-17-19-6-4-18(2)5-7-19/h4-7,14-15,25H,3,8-13,16-17H2,1-2H3. The van der Waals surface area contributed by atoms with E-state index in [4.69, 9.17) is 14.2 Å². The summed E-state index contributed by atoms with van der Waals surface area (Å²) < 4.78 is 18.3. The van der Waals surface area contributed by atoms with Crippen LogP contribution in [0.4, 0.5) is 0 Å². The Kier molecular flexibility index (Phi) is 8.80. The number of nitrogens with one attached hydrogen (secondary N) is 1. The van der Waals surface area contributed by atoms with E-state index in [1.807, 2.05) is 6.92 Å². The van der Waals surface area contributed by atoms with Crippen LogP contribution in [0.3, 0.4) is 0 Å². The van der Waals surface area contributed by atoms with Gasteiger partial charge in [-0.05, 0) is 53.0 Å². The molecule has 1 aliphatic rings. The van der Waals surface area contributed by atoms with Gasteiger partial charge >= 0.3 is 0 Å². The maximum absolute atomic E-state index is 6.10. The third kappa shape index (κ3) is 7.00. The lowest BCUT2D eigenvalue weighted by Gasteiger charge is -2.26. The average Bonchev–Trinajstić information content (AvgIpc) is 2.73. The predicted octanol–water partition coefficient (Wildman–Crippen LogP) is 4.16. The maximum Gasteiger partial charge on any atom is 0.175 e. The molecule has 0 aromatic heterocycles. The fourth-order valence-electron chi connectivity index (χ4n) is 3.26. The second kappa shape index (κ2) is 11.6. The molecule has 0 bridgehead atoms. The fourth-order valence-corrected chi connectivity index (χ4v) is 3.86. The van der Waals surface area contributed by atoms with Gasteiger partial charge in [0.1, 0.15) is 6.61 Å². The van der Waals surface area contributed by atoms with Gasteiger partial charge in [-0.15, -0.1) is 0 Å². The molecule has 3 rings (SSSR count). The highest BCUT2D eigenvalue weighted by molar-refractivity contribution is 9.10.